The van der Waals surface area contributed by atoms with Gasteiger partial charge in [0.1, 0.15) is 0 Å². The first-order valence-corrected chi connectivity index (χ1v) is 7.31. The Balaban J connectivity index is 0.00000144. The van der Waals surface area contributed by atoms with Gasteiger partial charge in [0.15, 0.2) is 0 Å². The number of carbonyl (C=O) groups is 1. The van der Waals surface area contributed by atoms with Crippen LogP contribution in [0, 0.1) is 0 Å². The summed E-state index contributed by atoms with van der Waals surface area (Å²) in [5.41, 5.74) is 0. The van der Waals surface area contributed by atoms with Crippen molar-refractivity contribution in [3.63, 3.8) is 0 Å². The van der Waals surface area contributed by atoms with Gasteiger partial charge in [-0.1, -0.05) is 19.3 Å². The highest BCUT2D eigenvalue weighted by Gasteiger charge is 2.38. The number of nitrogens with zero attached hydrogens (tertiary/aromatic N) is 1. The van der Waals surface area contributed by atoms with E-state index in [0.717, 1.165) is 18.8 Å². The summed E-state index contributed by atoms with van der Waals surface area (Å²) in [4.78, 5) is 13.9. The van der Waals surface area contributed by atoms with E-state index < -0.39 is 0 Å². The Kier molecular flexibility index (Phi) is 6.10. The lowest BCUT2D eigenvalue weighted by Crippen LogP contribution is -2.51. The molecule has 1 heterocycles. The summed E-state index contributed by atoms with van der Waals surface area (Å²) in [5, 5.41) is 2.96. The molecule has 2 fully saturated rings. The van der Waals surface area contributed by atoms with Gasteiger partial charge in [0, 0.05) is 23.6 Å². The second-order valence-corrected chi connectivity index (χ2v) is 6.50. The Morgan fingerprint density at radius 3 is 2.71 bits per heavy atom. The van der Waals surface area contributed by atoms with E-state index in [4.69, 9.17) is 0 Å². The van der Waals surface area contributed by atoms with Gasteiger partial charge in [0.05, 0.1) is 6.54 Å². The third-order valence-corrected chi connectivity index (χ3v) is 5.23. The first-order chi connectivity index (χ1) is 7.76. The molecule has 1 aliphatic heterocycles. The third kappa shape index (κ3) is 3.76. The number of nitrogens with one attached hydrogen (secondary N) is 1. The van der Waals surface area contributed by atoms with Crippen LogP contribution in [0.15, 0.2) is 0 Å². The molecular formula is C12H23ClN2OS. The zero-order valence-electron chi connectivity index (χ0n) is 10.5. The maximum absolute atomic E-state index is 11.9. The number of thioether (sulfide) groups is 1. The molecular weight excluding hydrogens is 256 g/mol. The minimum atomic E-state index is 0. The highest BCUT2D eigenvalue weighted by atomic mass is 35.5. The van der Waals surface area contributed by atoms with Crippen molar-refractivity contribution in [1.82, 2.24) is 10.2 Å². The van der Waals surface area contributed by atoms with Gasteiger partial charge < -0.3 is 10.2 Å². The van der Waals surface area contributed by atoms with E-state index in [1.54, 1.807) is 0 Å². The zero-order chi connectivity index (χ0) is 11.4. The molecule has 3 nitrogen and oxygen atoms in total. The normalized spacial score (nSPS) is 23.2. The monoisotopic (exact) mass is 278 g/mol. The highest BCUT2D eigenvalue weighted by molar-refractivity contribution is 8.00. The molecule has 1 amide bonds. The van der Waals surface area contributed by atoms with Crippen molar-refractivity contribution < 1.29 is 4.79 Å². The van der Waals surface area contributed by atoms with Crippen LogP contribution in [0.2, 0.25) is 0 Å². The maximum Gasteiger partial charge on any atom is 0.236 e. The number of halogens is 1. The van der Waals surface area contributed by atoms with Gasteiger partial charge in [-0.25, -0.2) is 0 Å². The van der Waals surface area contributed by atoms with Crippen molar-refractivity contribution in [2.24, 2.45) is 0 Å². The molecule has 1 spiro atoms. The molecule has 0 aromatic rings. The summed E-state index contributed by atoms with van der Waals surface area (Å²) < 4.78 is 0.403. The molecule has 17 heavy (non-hydrogen) atoms. The SMILES string of the molecule is CNCC(=O)N1CCSC2(CCCCC2)C1.Cl. The van der Waals surface area contributed by atoms with Gasteiger partial charge in [-0.05, 0) is 19.9 Å². The lowest BCUT2D eigenvalue weighted by atomic mass is 9.87. The van der Waals surface area contributed by atoms with E-state index in [2.05, 4.69) is 22.0 Å². The van der Waals surface area contributed by atoms with Crippen molar-refractivity contribution in [3.8, 4) is 0 Å². The fourth-order valence-electron chi connectivity index (χ4n) is 2.82. The predicted molar refractivity (Wildman–Crippen MR) is 76.0 cm³/mol. The molecule has 100 valence electrons. The maximum atomic E-state index is 11.9. The Morgan fingerprint density at radius 2 is 2.06 bits per heavy atom. The fourth-order valence-corrected chi connectivity index (χ4v) is 4.39. The van der Waals surface area contributed by atoms with Crippen LogP contribution in [0.1, 0.15) is 32.1 Å². The van der Waals surface area contributed by atoms with Crippen LogP contribution in [0.3, 0.4) is 0 Å². The van der Waals surface area contributed by atoms with Gasteiger partial charge in [-0.3, -0.25) is 4.79 Å². The molecule has 0 aromatic carbocycles. The Morgan fingerprint density at radius 1 is 1.35 bits per heavy atom. The van der Waals surface area contributed by atoms with Gasteiger partial charge in [-0.15, -0.1) is 12.4 Å². The van der Waals surface area contributed by atoms with Crippen LogP contribution in [-0.2, 0) is 4.79 Å². The average molecular weight is 279 g/mol. The summed E-state index contributed by atoms with van der Waals surface area (Å²) in [6.07, 6.45) is 6.69. The second kappa shape index (κ2) is 6.86. The van der Waals surface area contributed by atoms with Crippen LogP contribution < -0.4 is 5.32 Å². The van der Waals surface area contributed by atoms with Crippen molar-refractivity contribution in [2.45, 2.75) is 36.9 Å². The van der Waals surface area contributed by atoms with Crippen LogP contribution in [-0.4, -0.2) is 48.0 Å². The summed E-state index contributed by atoms with van der Waals surface area (Å²) >= 11 is 2.11. The highest BCUT2D eigenvalue weighted by Crippen LogP contribution is 2.42. The Hall–Kier alpha value is 0.0700. The number of hydrogen-bond donors (Lipinski definition) is 1. The standard InChI is InChI=1S/C12H22N2OS.ClH/c1-13-9-11(15)14-7-8-16-12(10-14)5-3-2-4-6-12;/h13H,2-10H2,1H3;1H. The molecule has 1 N–H and O–H groups in total. The molecule has 0 atom stereocenters. The number of likely N-dealkylation sites (N-methyl/N-ethyl adjacent to an activating group) is 1. The van der Waals surface area contributed by atoms with Crippen molar-refractivity contribution >= 4 is 30.1 Å². The first-order valence-electron chi connectivity index (χ1n) is 6.32. The predicted octanol–water partition coefficient (Wildman–Crippen LogP) is 1.91. The number of rotatable bonds is 2. The molecule has 5 heteroatoms. The van der Waals surface area contributed by atoms with Gasteiger partial charge in [-0.2, -0.15) is 11.8 Å². The summed E-state index contributed by atoms with van der Waals surface area (Å²) in [6.45, 7) is 2.41. The van der Waals surface area contributed by atoms with Crippen LogP contribution in [0.4, 0.5) is 0 Å². The third-order valence-electron chi connectivity index (χ3n) is 3.69. The first kappa shape index (κ1) is 15.1. The smallest absolute Gasteiger partial charge is 0.236 e. The minimum Gasteiger partial charge on any atom is -0.339 e. The molecule has 1 aliphatic carbocycles. The lowest BCUT2D eigenvalue weighted by molar-refractivity contribution is -0.130. The second-order valence-electron chi connectivity index (χ2n) is 4.94. The van der Waals surface area contributed by atoms with Gasteiger partial charge >= 0.3 is 0 Å². The molecule has 1 saturated heterocycles. The van der Waals surface area contributed by atoms with Gasteiger partial charge in [0.2, 0.25) is 5.91 Å². The summed E-state index contributed by atoms with van der Waals surface area (Å²) in [5.74, 6) is 1.39. The molecule has 2 aliphatic rings. The number of hydrogen-bond acceptors (Lipinski definition) is 3. The number of carbonyl (C=O) groups excluding carboxylic acids is 1. The van der Waals surface area contributed by atoms with Crippen molar-refractivity contribution in [1.29, 1.82) is 0 Å². The molecule has 1 saturated carbocycles. The molecule has 0 bridgehead atoms. The largest absolute Gasteiger partial charge is 0.339 e. The lowest BCUT2D eigenvalue weighted by Gasteiger charge is -2.44. The summed E-state index contributed by atoms with van der Waals surface area (Å²) in [6, 6.07) is 0. The quantitative estimate of drug-likeness (QED) is 0.837. The average Bonchev–Trinajstić information content (AvgIpc) is 2.30. The van der Waals surface area contributed by atoms with E-state index in [-0.39, 0.29) is 18.3 Å². The van der Waals surface area contributed by atoms with Crippen molar-refractivity contribution in [3.05, 3.63) is 0 Å². The molecule has 0 aromatic heterocycles. The Bertz CT molecular complexity index is 251. The van der Waals surface area contributed by atoms with E-state index >= 15 is 0 Å². The van der Waals surface area contributed by atoms with E-state index in [1.165, 1.54) is 32.1 Å². The van der Waals surface area contributed by atoms with Gasteiger partial charge in [0.25, 0.3) is 0 Å². The fraction of sp³-hybridized carbons (Fsp3) is 0.917. The number of amides is 1. The Labute approximate surface area is 114 Å². The van der Waals surface area contributed by atoms with E-state index in [1.807, 2.05) is 7.05 Å². The molecule has 0 unspecified atom stereocenters. The van der Waals surface area contributed by atoms with E-state index in [0.29, 0.717) is 11.3 Å². The van der Waals surface area contributed by atoms with Crippen LogP contribution >= 0.6 is 24.2 Å². The molecule has 0 radical (unpaired) electrons. The van der Waals surface area contributed by atoms with Crippen LogP contribution in [0.25, 0.3) is 0 Å². The topological polar surface area (TPSA) is 32.3 Å². The van der Waals surface area contributed by atoms with Crippen LogP contribution in [0.5, 0.6) is 0 Å². The summed E-state index contributed by atoms with van der Waals surface area (Å²) in [7, 11) is 1.84. The minimum absolute atomic E-state index is 0. The zero-order valence-corrected chi connectivity index (χ0v) is 12.2. The van der Waals surface area contributed by atoms with E-state index in [9.17, 15) is 4.79 Å². The van der Waals surface area contributed by atoms with Crippen molar-refractivity contribution in [2.75, 3.05) is 32.4 Å². The molecule has 2 rings (SSSR count).